The molecule has 1 rings (SSSR count). The molecule has 0 saturated carbocycles. The second kappa shape index (κ2) is 5.03. The van der Waals surface area contributed by atoms with E-state index in [-0.39, 0.29) is 6.10 Å². The zero-order valence-electron chi connectivity index (χ0n) is 5.00. The average Bonchev–Trinajstić information content (AvgIpc) is 2.24. The van der Waals surface area contributed by atoms with Gasteiger partial charge in [-0.1, -0.05) is 0 Å². The van der Waals surface area contributed by atoms with Gasteiger partial charge in [-0.05, 0) is 6.42 Å². The average molecular weight is 120 g/mol. The molecule has 1 saturated heterocycles. The molecule has 3 heteroatoms. The van der Waals surface area contributed by atoms with Gasteiger partial charge < -0.3 is 14.9 Å². The quantitative estimate of drug-likeness (QED) is 0.447. The van der Waals surface area contributed by atoms with Gasteiger partial charge in [-0.2, -0.15) is 0 Å². The van der Waals surface area contributed by atoms with Crippen molar-refractivity contribution in [2.24, 2.45) is 0 Å². The minimum Gasteiger partial charge on any atom is -0.400 e. The van der Waals surface area contributed by atoms with E-state index in [1.807, 2.05) is 0 Å². The van der Waals surface area contributed by atoms with Gasteiger partial charge in [-0.25, -0.2) is 0 Å². The Morgan fingerprint density at radius 3 is 2.25 bits per heavy atom. The van der Waals surface area contributed by atoms with Crippen LogP contribution in [0.1, 0.15) is 6.42 Å². The van der Waals surface area contributed by atoms with Crippen LogP contribution in [0.4, 0.5) is 0 Å². The van der Waals surface area contributed by atoms with Gasteiger partial charge in [0.25, 0.3) is 0 Å². The minimum absolute atomic E-state index is 0.176. The summed E-state index contributed by atoms with van der Waals surface area (Å²) in [5.74, 6) is 0. The van der Waals surface area contributed by atoms with Crippen molar-refractivity contribution in [3.8, 4) is 0 Å². The van der Waals surface area contributed by atoms with Crippen LogP contribution in [0.5, 0.6) is 0 Å². The van der Waals surface area contributed by atoms with Crippen LogP contribution < -0.4 is 0 Å². The molecule has 1 fully saturated rings. The zero-order chi connectivity index (χ0) is 6.41. The van der Waals surface area contributed by atoms with Crippen LogP contribution in [0.15, 0.2) is 0 Å². The van der Waals surface area contributed by atoms with Gasteiger partial charge in [0.15, 0.2) is 0 Å². The van der Waals surface area contributed by atoms with E-state index in [1.165, 1.54) is 0 Å². The van der Waals surface area contributed by atoms with Crippen LogP contribution in [0.2, 0.25) is 0 Å². The van der Waals surface area contributed by atoms with Crippen LogP contribution in [0.25, 0.3) is 0 Å². The fraction of sp³-hybridized carbons (Fsp3) is 1.00. The van der Waals surface area contributed by atoms with E-state index in [0.29, 0.717) is 6.61 Å². The molecule has 50 valence electrons. The molecule has 1 unspecified atom stereocenters. The molecule has 0 aromatic heterocycles. The molecule has 0 amide bonds. The van der Waals surface area contributed by atoms with Gasteiger partial charge in [0.1, 0.15) is 0 Å². The summed E-state index contributed by atoms with van der Waals surface area (Å²) in [6.07, 6.45) is 0.644. The van der Waals surface area contributed by atoms with Crippen molar-refractivity contribution >= 4 is 0 Å². The maximum atomic E-state index is 8.60. The number of aliphatic hydroxyl groups excluding tert-OH is 2. The Kier molecular flexibility index (Phi) is 4.95. The summed E-state index contributed by atoms with van der Waals surface area (Å²) in [5, 5.41) is 15.6. The standard InChI is InChI=1S/C4H8O2.CH4O/c5-4-1-2-6-3-4;1-2/h4-5H,1-3H2;2H,1H3. The monoisotopic (exact) mass is 120 g/mol. The van der Waals surface area contributed by atoms with E-state index in [9.17, 15) is 0 Å². The van der Waals surface area contributed by atoms with E-state index in [4.69, 9.17) is 14.9 Å². The first kappa shape index (κ1) is 7.88. The van der Waals surface area contributed by atoms with Gasteiger partial charge in [0, 0.05) is 13.7 Å². The van der Waals surface area contributed by atoms with Crippen LogP contribution in [-0.4, -0.2) is 36.6 Å². The van der Waals surface area contributed by atoms with Crippen molar-refractivity contribution in [2.75, 3.05) is 20.3 Å². The molecular weight excluding hydrogens is 108 g/mol. The molecule has 0 bridgehead atoms. The molecule has 0 aliphatic carbocycles. The van der Waals surface area contributed by atoms with E-state index in [0.717, 1.165) is 20.1 Å². The van der Waals surface area contributed by atoms with Crippen LogP contribution >= 0.6 is 0 Å². The minimum atomic E-state index is -0.176. The van der Waals surface area contributed by atoms with Crippen molar-refractivity contribution < 1.29 is 14.9 Å². The van der Waals surface area contributed by atoms with E-state index >= 15 is 0 Å². The Morgan fingerprint density at radius 1 is 1.50 bits per heavy atom. The smallest absolute Gasteiger partial charge is 0.0795 e. The first-order chi connectivity index (χ1) is 3.89. The molecule has 8 heavy (non-hydrogen) atoms. The van der Waals surface area contributed by atoms with Gasteiger partial charge in [-0.3, -0.25) is 0 Å². The number of hydrogen-bond donors (Lipinski definition) is 2. The normalized spacial score (nSPS) is 26.6. The maximum absolute atomic E-state index is 8.60. The second-order valence-electron chi connectivity index (χ2n) is 1.52. The summed E-state index contributed by atoms with van der Waals surface area (Å²) in [7, 11) is 1.00. The molecule has 3 nitrogen and oxygen atoms in total. The molecule has 1 aliphatic rings. The van der Waals surface area contributed by atoms with Crippen molar-refractivity contribution in [1.29, 1.82) is 0 Å². The third-order valence-corrected chi connectivity index (χ3v) is 0.906. The number of aliphatic hydroxyl groups is 2. The lowest BCUT2D eigenvalue weighted by molar-refractivity contribution is 0.127. The highest BCUT2D eigenvalue weighted by atomic mass is 16.5. The van der Waals surface area contributed by atoms with Crippen molar-refractivity contribution in [3.05, 3.63) is 0 Å². The Bertz CT molecular complexity index is 40.9. The predicted molar refractivity (Wildman–Crippen MR) is 29.6 cm³/mol. The second-order valence-corrected chi connectivity index (χ2v) is 1.52. The summed E-state index contributed by atoms with van der Waals surface area (Å²) in [4.78, 5) is 0. The highest BCUT2D eigenvalue weighted by Crippen LogP contribution is 2.00. The largest absolute Gasteiger partial charge is 0.400 e. The number of rotatable bonds is 0. The van der Waals surface area contributed by atoms with E-state index in [2.05, 4.69) is 0 Å². The maximum Gasteiger partial charge on any atom is 0.0795 e. The molecule has 1 atom stereocenters. The molecule has 0 spiro atoms. The van der Waals surface area contributed by atoms with Crippen molar-refractivity contribution in [3.63, 3.8) is 0 Å². The summed E-state index contributed by atoms with van der Waals surface area (Å²) < 4.78 is 4.81. The number of ether oxygens (including phenoxy) is 1. The Labute approximate surface area is 48.9 Å². The SMILES string of the molecule is CO.OC1CCOC1. The summed E-state index contributed by atoms with van der Waals surface area (Å²) in [6, 6.07) is 0. The fourth-order valence-electron chi connectivity index (χ4n) is 0.522. The summed E-state index contributed by atoms with van der Waals surface area (Å²) >= 11 is 0. The highest BCUT2D eigenvalue weighted by molar-refractivity contribution is 4.58. The summed E-state index contributed by atoms with van der Waals surface area (Å²) in [5.41, 5.74) is 0. The molecule has 1 heterocycles. The fourth-order valence-corrected chi connectivity index (χ4v) is 0.522. The molecule has 2 N–H and O–H groups in total. The Morgan fingerprint density at radius 2 is 2.12 bits per heavy atom. The first-order valence-corrected chi connectivity index (χ1v) is 2.60. The first-order valence-electron chi connectivity index (χ1n) is 2.60. The lowest BCUT2D eigenvalue weighted by atomic mass is 10.3. The molecule has 0 radical (unpaired) electrons. The van der Waals surface area contributed by atoms with Gasteiger partial charge in [0.2, 0.25) is 0 Å². The van der Waals surface area contributed by atoms with E-state index in [1.54, 1.807) is 0 Å². The zero-order valence-corrected chi connectivity index (χ0v) is 5.00. The Balaban J connectivity index is 0.000000222. The molecule has 0 aromatic carbocycles. The summed E-state index contributed by atoms with van der Waals surface area (Å²) in [6.45, 7) is 1.28. The van der Waals surface area contributed by atoms with Crippen LogP contribution in [0, 0.1) is 0 Å². The predicted octanol–water partition coefficient (Wildman–Crippen LogP) is -0.624. The Hall–Kier alpha value is -0.120. The van der Waals surface area contributed by atoms with Crippen LogP contribution in [0.3, 0.4) is 0 Å². The van der Waals surface area contributed by atoms with Crippen LogP contribution in [-0.2, 0) is 4.74 Å². The lowest BCUT2D eigenvalue weighted by Gasteiger charge is -1.89. The van der Waals surface area contributed by atoms with E-state index < -0.39 is 0 Å². The lowest BCUT2D eigenvalue weighted by Crippen LogP contribution is -2.02. The molecule has 1 aliphatic heterocycles. The molecule has 0 aromatic rings. The topological polar surface area (TPSA) is 49.7 Å². The highest BCUT2D eigenvalue weighted by Gasteiger charge is 2.09. The third-order valence-electron chi connectivity index (χ3n) is 0.906. The number of hydrogen-bond acceptors (Lipinski definition) is 3. The van der Waals surface area contributed by atoms with Crippen molar-refractivity contribution in [2.45, 2.75) is 12.5 Å². The van der Waals surface area contributed by atoms with Gasteiger partial charge >= 0.3 is 0 Å². The van der Waals surface area contributed by atoms with Gasteiger partial charge in [-0.15, -0.1) is 0 Å². The third kappa shape index (κ3) is 2.96. The van der Waals surface area contributed by atoms with Crippen molar-refractivity contribution in [1.82, 2.24) is 0 Å². The van der Waals surface area contributed by atoms with Gasteiger partial charge in [0.05, 0.1) is 12.7 Å². The molecular formula is C5H12O3.